The number of benzene rings is 1. The Bertz CT molecular complexity index is 639. The topological polar surface area (TPSA) is 59.4 Å². The van der Waals surface area contributed by atoms with Gasteiger partial charge in [-0.15, -0.1) is 0 Å². The molecule has 0 saturated heterocycles. The fraction of sp³-hybridized carbons (Fsp3) is 0.444. The van der Waals surface area contributed by atoms with Crippen LogP contribution in [0.2, 0.25) is 0 Å². The van der Waals surface area contributed by atoms with Gasteiger partial charge >= 0.3 is 0 Å². The molecule has 1 aromatic heterocycles. The number of hydrogen-bond acceptors (Lipinski definition) is 4. The minimum absolute atomic E-state index is 0.409. The number of hydrogen-bond donors (Lipinski definition) is 1. The molecule has 0 aliphatic heterocycles. The molecule has 0 aliphatic rings. The van der Waals surface area contributed by atoms with Crippen molar-refractivity contribution in [3.05, 3.63) is 47.3 Å². The van der Waals surface area contributed by atoms with Crippen molar-refractivity contribution < 1.29 is 0 Å². The van der Waals surface area contributed by atoms with Gasteiger partial charge < -0.3 is 5.73 Å². The van der Waals surface area contributed by atoms with Gasteiger partial charge in [0.2, 0.25) is 5.95 Å². The third-order valence-corrected chi connectivity index (χ3v) is 3.60. The van der Waals surface area contributed by atoms with Crippen LogP contribution in [0.1, 0.15) is 43.5 Å². The van der Waals surface area contributed by atoms with Crippen molar-refractivity contribution in [2.75, 3.05) is 18.8 Å². The highest BCUT2D eigenvalue weighted by atomic mass is 15.4. The van der Waals surface area contributed by atoms with Gasteiger partial charge in [0.25, 0.3) is 0 Å². The molecular weight excluding hydrogens is 286 g/mol. The minimum Gasteiger partial charge on any atom is -0.368 e. The van der Waals surface area contributed by atoms with E-state index in [0.717, 1.165) is 30.9 Å². The highest BCUT2D eigenvalue weighted by Gasteiger charge is 2.04. The second kappa shape index (κ2) is 8.48. The van der Waals surface area contributed by atoms with Crippen LogP contribution in [0.15, 0.2) is 35.6 Å². The Morgan fingerprint density at radius 2 is 2.00 bits per heavy atom. The van der Waals surface area contributed by atoms with Crippen molar-refractivity contribution in [2.24, 2.45) is 5.10 Å². The van der Waals surface area contributed by atoms with Gasteiger partial charge in [-0.3, -0.25) is 4.90 Å². The van der Waals surface area contributed by atoms with Crippen molar-refractivity contribution >= 4 is 12.2 Å². The highest BCUT2D eigenvalue weighted by Crippen LogP contribution is 2.09. The molecular formula is C18H27N5. The Hall–Kier alpha value is -2.14. The van der Waals surface area contributed by atoms with Gasteiger partial charge in [0.15, 0.2) is 0 Å². The largest absolute Gasteiger partial charge is 0.368 e. The molecule has 0 amide bonds. The summed E-state index contributed by atoms with van der Waals surface area (Å²) >= 11 is 0. The maximum Gasteiger partial charge on any atom is 0.221 e. The van der Waals surface area contributed by atoms with Gasteiger partial charge in [0.05, 0.1) is 18.1 Å². The van der Waals surface area contributed by atoms with Crippen LogP contribution in [-0.4, -0.2) is 33.9 Å². The van der Waals surface area contributed by atoms with Crippen molar-refractivity contribution in [3.8, 4) is 0 Å². The first kappa shape index (κ1) is 17.2. The summed E-state index contributed by atoms with van der Waals surface area (Å²) in [6, 6.07) is 8.49. The minimum atomic E-state index is 0.409. The molecule has 0 radical (unpaired) electrons. The van der Waals surface area contributed by atoms with Gasteiger partial charge in [-0.05, 0) is 50.0 Å². The molecule has 0 saturated carbocycles. The zero-order valence-electron chi connectivity index (χ0n) is 14.4. The van der Waals surface area contributed by atoms with Crippen LogP contribution >= 0.6 is 0 Å². The molecule has 1 aromatic carbocycles. The Labute approximate surface area is 138 Å². The predicted molar refractivity (Wildman–Crippen MR) is 96.7 cm³/mol. The van der Waals surface area contributed by atoms with Gasteiger partial charge in [-0.25, -0.2) is 9.66 Å². The first-order chi connectivity index (χ1) is 11.1. The summed E-state index contributed by atoms with van der Waals surface area (Å²) in [6.07, 6.45) is 6.01. The van der Waals surface area contributed by atoms with E-state index in [-0.39, 0.29) is 0 Å². The van der Waals surface area contributed by atoms with Crippen LogP contribution in [0.4, 0.5) is 5.95 Å². The van der Waals surface area contributed by atoms with E-state index < -0.39 is 0 Å². The van der Waals surface area contributed by atoms with E-state index in [1.807, 2.05) is 19.3 Å². The lowest BCUT2D eigenvalue weighted by molar-refractivity contribution is 0.266. The van der Waals surface area contributed by atoms with E-state index >= 15 is 0 Å². The van der Waals surface area contributed by atoms with E-state index in [1.165, 1.54) is 18.4 Å². The number of rotatable bonds is 8. The fourth-order valence-corrected chi connectivity index (χ4v) is 2.66. The van der Waals surface area contributed by atoms with E-state index in [2.05, 4.69) is 53.1 Å². The molecule has 23 heavy (non-hydrogen) atoms. The van der Waals surface area contributed by atoms with Crippen LogP contribution in [0.5, 0.6) is 0 Å². The van der Waals surface area contributed by atoms with Crippen molar-refractivity contribution in [1.29, 1.82) is 0 Å². The zero-order valence-corrected chi connectivity index (χ0v) is 14.4. The van der Waals surface area contributed by atoms with Crippen LogP contribution in [0.3, 0.4) is 0 Å². The summed E-state index contributed by atoms with van der Waals surface area (Å²) in [7, 11) is 0. The van der Waals surface area contributed by atoms with Gasteiger partial charge in [-0.1, -0.05) is 32.0 Å². The molecule has 0 atom stereocenters. The third kappa shape index (κ3) is 5.21. The maximum absolute atomic E-state index is 5.80. The Balaban J connectivity index is 2.08. The van der Waals surface area contributed by atoms with Crippen LogP contribution in [-0.2, 0) is 6.54 Å². The summed E-state index contributed by atoms with van der Waals surface area (Å²) in [5.74, 6) is 0.409. The smallest absolute Gasteiger partial charge is 0.221 e. The summed E-state index contributed by atoms with van der Waals surface area (Å²) in [4.78, 5) is 6.64. The van der Waals surface area contributed by atoms with Crippen molar-refractivity contribution in [1.82, 2.24) is 14.6 Å². The first-order valence-corrected chi connectivity index (χ1v) is 8.29. The molecule has 0 aliphatic carbocycles. The number of aryl methyl sites for hydroxylation is 1. The van der Waals surface area contributed by atoms with E-state index in [9.17, 15) is 0 Å². The molecule has 124 valence electrons. The molecule has 2 aromatic rings. The molecule has 0 fully saturated rings. The first-order valence-electron chi connectivity index (χ1n) is 8.29. The van der Waals surface area contributed by atoms with Gasteiger partial charge in [0, 0.05) is 6.54 Å². The second-order valence-corrected chi connectivity index (χ2v) is 5.85. The Kier molecular flexibility index (Phi) is 6.35. The summed E-state index contributed by atoms with van der Waals surface area (Å²) in [5.41, 5.74) is 9.04. The van der Waals surface area contributed by atoms with E-state index in [0.29, 0.717) is 5.95 Å². The van der Waals surface area contributed by atoms with Crippen molar-refractivity contribution in [3.63, 3.8) is 0 Å². The quantitative estimate of drug-likeness (QED) is 0.761. The lowest BCUT2D eigenvalue weighted by atomic mass is 10.1. The molecule has 2 rings (SSSR count). The lowest BCUT2D eigenvalue weighted by Crippen LogP contribution is -2.24. The van der Waals surface area contributed by atoms with E-state index in [1.54, 1.807) is 4.68 Å². The third-order valence-electron chi connectivity index (χ3n) is 3.60. The number of nitrogens with two attached hydrogens (primary N) is 1. The summed E-state index contributed by atoms with van der Waals surface area (Å²) in [6.45, 7) is 9.61. The average Bonchev–Trinajstić information content (AvgIpc) is 2.84. The van der Waals surface area contributed by atoms with Gasteiger partial charge in [0.1, 0.15) is 0 Å². The molecule has 5 nitrogen and oxygen atoms in total. The fourth-order valence-electron chi connectivity index (χ4n) is 2.66. The van der Waals surface area contributed by atoms with Crippen LogP contribution in [0.25, 0.3) is 0 Å². The number of aromatic nitrogens is 2. The monoisotopic (exact) mass is 313 g/mol. The normalized spacial score (nSPS) is 11.7. The number of anilines is 1. The number of nitrogens with zero attached hydrogens (tertiary/aromatic N) is 4. The zero-order chi connectivity index (χ0) is 16.7. The molecule has 5 heteroatoms. The Morgan fingerprint density at radius 3 is 2.61 bits per heavy atom. The number of imidazole rings is 1. The second-order valence-electron chi connectivity index (χ2n) is 5.85. The molecule has 1 heterocycles. The average molecular weight is 313 g/mol. The van der Waals surface area contributed by atoms with Gasteiger partial charge in [-0.2, -0.15) is 5.10 Å². The highest BCUT2D eigenvalue weighted by molar-refractivity contribution is 5.79. The molecule has 0 bridgehead atoms. The molecule has 2 N–H and O–H groups in total. The maximum atomic E-state index is 5.80. The van der Waals surface area contributed by atoms with Crippen LogP contribution in [0, 0.1) is 6.92 Å². The van der Waals surface area contributed by atoms with Crippen LogP contribution < -0.4 is 5.73 Å². The number of nitrogen functional groups attached to an aromatic ring is 1. The Morgan fingerprint density at radius 1 is 1.26 bits per heavy atom. The SMILES string of the molecule is CCCN(CCC)Cc1cccc(C=Nn2cc(C)nc2N)c1. The standard InChI is InChI=1S/C18H27N5/c1-4-9-22(10-5-2)14-17-8-6-7-16(11-17)12-20-23-13-15(3)21-18(23)19/h6-8,11-13H,4-5,9-10,14H2,1-3H3,(H2,19,21). The molecule has 0 spiro atoms. The lowest BCUT2D eigenvalue weighted by Gasteiger charge is -2.21. The summed E-state index contributed by atoms with van der Waals surface area (Å²) < 4.78 is 1.60. The summed E-state index contributed by atoms with van der Waals surface area (Å²) in [5, 5.41) is 4.38. The van der Waals surface area contributed by atoms with Crippen molar-refractivity contribution in [2.45, 2.75) is 40.2 Å². The molecule has 0 unspecified atom stereocenters. The predicted octanol–water partition coefficient (Wildman–Crippen LogP) is 3.28. The van der Waals surface area contributed by atoms with E-state index in [4.69, 9.17) is 5.73 Å².